The molecule has 2 N–H and O–H groups in total. The van der Waals surface area contributed by atoms with Crippen LogP contribution < -0.4 is 5.32 Å². The Morgan fingerprint density at radius 1 is 1.39 bits per heavy atom. The van der Waals surface area contributed by atoms with Gasteiger partial charge in [-0.25, -0.2) is 17.1 Å². The first kappa shape index (κ1) is 21.0. The summed E-state index contributed by atoms with van der Waals surface area (Å²) < 4.78 is 38.0. The molecule has 2 saturated heterocycles. The molecule has 2 aliphatic heterocycles. The number of rotatable bonds is 5. The lowest BCUT2D eigenvalue weighted by Gasteiger charge is -2.26. The molecule has 2 atom stereocenters. The molecule has 1 aromatic rings. The van der Waals surface area contributed by atoms with Crippen LogP contribution in [0.3, 0.4) is 0 Å². The fourth-order valence-electron chi connectivity index (χ4n) is 3.60. The van der Waals surface area contributed by atoms with Crippen molar-refractivity contribution < 1.29 is 27.5 Å². The molecular formula is C17H21ClFN3O5S. The lowest BCUT2D eigenvalue weighted by Crippen LogP contribution is -2.53. The van der Waals surface area contributed by atoms with Crippen molar-refractivity contribution in [3.8, 4) is 0 Å². The Morgan fingerprint density at radius 3 is 2.71 bits per heavy atom. The van der Waals surface area contributed by atoms with Gasteiger partial charge in [0.05, 0.1) is 6.26 Å². The van der Waals surface area contributed by atoms with Crippen molar-refractivity contribution in [1.29, 1.82) is 0 Å². The average Bonchev–Trinajstić information content (AvgIpc) is 3.18. The number of hydrogen-bond acceptors (Lipinski definition) is 5. The van der Waals surface area contributed by atoms with Crippen molar-refractivity contribution in [3.05, 3.63) is 34.6 Å². The first-order chi connectivity index (χ1) is 13.0. The van der Waals surface area contributed by atoms with E-state index in [1.807, 2.05) is 0 Å². The Morgan fingerprint density at radius 2 is 2.11 bits per heavy atom. The van der Waals surface area contributed by atoms with E-state index >= 15 is 0 Å². The minimum Gasteiger partial charge on any atom is -0.372 e. The lowest BCUT2D eigenvalue weighted by atomic mass is 10.0. The number of aliphatic hydroxyl groups is 1. The molecule has 2 aliphatic rings. The quantitative estimate of drug-likeness (QED) is 0.640. The maximum Gasteiger partial charge on any atom is 0.264 e. The molecule has 0 radical (unpaired) electrons. The Balaban J connectivity index is 1.64. The maximum atomic E-state index is 13.4. The van der Waals surface area contributed by atoms with E-state index in [1.54, 1.807) is 0 Å². The van der Waals surface area contributed by atoms with Crippen LogP contribution in [0.15, 0.2) is 18.2 Å². The van der Waals surface area contributed by atoms with Crippen molar-refractivity contribution in [2.75, 3.05) is 25.9 Å². The smallest absolute Gasteiger partial charge is 0.264 e. The van der Waals surface area contributed by atoms with Gasteiger partial charge < -0.3 is 15.3 Å². The standard InChI is InChI=1S/C17H21ClFN3O5S/c1-28(26,27)21-4-2-14(10-21)22-5-3-17(25,16(22)24)15(23)20-9-11-6-12(18)8-13(19)7-11/h6-8,14,25H,2-5,9-10H2,1H3,(H,20,23)/t14?,17-/m0/s1. The second kappa shape index (κ2) is 7.58. The summed E-state index contributed by atoms with van der Waals surface area (Å²) in [5.74, 6) is -2.18. The Labute approximate surface area is 167 Å². The first-order valence-corrected chi connectivity index (χ1v) is 10.9. The molecule has 2 heterocycles. The number of benzene rings is 1. The zero-order chi connectivity index (χ0) is 20.7. The molecule has 3 rings (SSSR count). The molecule has 154 valence electrons. The van der Waals surface area contributed by atoms with Crippen LogP contribution >= 0.6 is 11.6 Å². The van der Waals surface area contributed by atoms with Crippen LogP contribution in [0.25, 0.3) is 0 Å². The predicted molar refractivity (Wildman–Crippen MR) is 99.4 cm³/mol. The minimum absolute atomic E-state index is 0.100. The molecule has 0 aromatic heterocycles. The van der Waals surface area contributed by atoms with E-state index in [2.05, 4.69) is 5.32 Å². The third kappa shape index (κ3) is 4.14. The maximum absolute atomic E-state index is 13.4. The van der Waals surface area contributed by atoms with E-state index in [0.29, 0.717) is 12.0 Å². The van der Waals surface area contributed by atoms with Crippen LogP contribution in [-0.4, -0.2) is 72.1 Å². The molecule has 0 saturated carbocycles. The van der Waals surface area contributed by atoms with Gasteiger partial charge in [0, 0.05) is 43.7 Å². The van der Waals surface area contributed by atoms with Gasteiger partial charge in [0.1, 0.15) is 5.82 Å². The van der Waals surface area contributed by atoms with Crippen LogP contribution in [-0.2, 0) is 26.2 Å². The number of halogens is 2. The van der Waals surface area contributed by atoms with Gasteiger partial charge in [-0.2, -0.15) is 0 Å². The number of carbonyl (C=O) groups excluding carboxylic acids is 2. The van der Waals surface area contributed by atoms with Crippen molar-refractivity contribution in [2.24, 2.45) is 0 Å². The largest absolute Gasteiger partial charge is 0.372 e. The molecule has 11 heteroatoms. The van der Waals surface area contributed by atoms with Gasteiger partial charge in [-0.15, -0.1) is 0 Å². The van der Waals surface area contributed by atoms with Gasteiger partial charge in [0.25, 0.3) is 11.8 Å². The van der Waals surface area contributed by atoms with Crippen molar-refractivity contribution in [3.63, 3.8) is 0 Å². The van der Waals surface area contributed by atoms with Crippen LogP contribution in [0.1, 0.15) is 18.4 Å². The third-order valence-corrected chi connectivity index (χ3v) is 6.60. The van der Waals surface area contributed by atoms with Gasteiger partial charge in [-0.1, -0.05) is 11.6 Å². The normalized spacial score (nSPS) is 26.1. The Kier molecular flexibility index (Phi) is 5.68. The van der Waals surface area contributed by atoms with Gasteiger partial charge in [0.15, 0.2) is 0 Å². The second-order valence-electron chi connectivity index (χ2n) is 7.13. The van der Waals surface area contributed by atoms with Gasteiger partial charge >= 0.3 is 0 Å². The first-order valence-electron chi connectivity index (χ1n) is 8.72. The molecule has 1 aromatic carbocycles. The van der Waals surface area contributed by atoms with Gasteiger partial charge in [-0.05, 0) is 30.2 Å². The fourth-order valence-corrected chi connectivity index (χ4v) is 4.72. The Hall–Kier alpha value is -1.75. The molecule has 0 aliphatic carbocycles. The SMILES string of the molecule is CS(=O)(=O)N1CCC(N2CC[C@](O)(C(=O)NCc3cc(F)cc(Cl)c3)C2=O)C1. The number of nitrogens with zero attached hydrogens (tertiary/aromatic N) is 2. The number of likely N-dealkylation sites (tertiary alicyclic amines) is 1. The second-order valence-corrected chi connectivity index (χ2v) is 9.55. The van der Waals surface area contributed by atoms with E-state index in [4.69, 9.17) is 11.6 Å². The van der Waals surface area contributed by atoms with Crippen molar-refractivity contribution in [2.45, 2.75) is 31.0 Å². The highest BCUT2D eigenvalue weighted by molar-refractivity contribution is 7.88. The van der Waals surface area contributed by atoms with Crippen LogP contribution in [0.2, 0.25) is 5.02 Å². The summed E-state index contributed by atoms with van der Waals surface area (Å²) in [6, 6.07) is 3.40. The number of hydrogen-bond donors (Lipinski definition) is 2. The Bertz CT molecular complexity index is 892. The zero-order valence-electron chi connectivity index (χ0n) is 15.2. The van der Waals surface area contributed by atoms with E-state index < -0.39 is 33.3 Å². The fraction of sp³-hybridized carbons (Fsp3) is 0.529. The summed E-state index contributed by atoms with van der Waals surface area (Å²) in [7, 11) is -3.36. The van der Waals surface area contributed by atoms with E-state index in [-0.39, 0.29) is 43.7 Å². The molecule has 8 nitrogen and oxygen atoms in total. The highest BCUT2D eigenvalue weighted by Gasteiger charge is 2.53. The lowest BCUT2D eigenvalue weighted by molar-refractivity contribution is -0.155. The van der Waals surface area contributed by atoms with Gasteiger partial charge in [-0.3, -0.25) is 9.59 Å². The summed E-state index contributed by atoms with van der Waals surface area (Å²) in [6.07, 6.45) is 1.44. The number of carbonyl (C=O) groups is 2. The van der Waals surface area contributed by atoms with Crippen molar-refractivity contribution >= 4 is 33.4 Å². The number of nitrogens with one attached hydrogen (secondary N) is 1. The van der Waals surface area contributed by atoms with Crippen molar-refractivity contribution in [1.82, 2.24) is 14.5 Å². The topological polar surface area (TPSA) is 107 Å². The highest BCUT2D eigenvalue weighted by Crippen LogP contribution is 2.29. The van der Waals surface area contributed by atoms with Crippen LogP contribution in [0, 0.1) is 5.82 Å². The molecule has 2 amide bonds. The molecule has 0 spiro atoms. The summed E-state index contributed by atoms with van der Waals surface area (Å²) in [5, 5.41) is 13.2. The van der Waals surface area contributed by atoms with Crippen LogP contribution in [0.5, 0.6) is 0 Å². The van der Waals surface area contributed by atoms with Crippen LogP contribution in [0.4, 0.5) is 4.39 Å². The van der Waals surface area contributed by atoms with E-state index in [0.717, 1.165) is 12.3 Å². The number of amides is 2. The summed E-state index contributed by atoms with van der Waals surface area (Å²) in [6.45, 7) is 0.482. The van der Waals surface area contributed by atoms with E-state index in [1.165, 1.54) is 21.3 Å². The molecular weight excluding hydrogens is 413 g/mol. The van der Waals surface area contributed by atoms with Gasteiger partial charge in [0.2, 0.25) is 15.6 Å². The monoisotopic (exact) mass is 433 g/mol. The summed E-state index contributed by atoms with van der Waals surface area (Å²) in [4.78, 5) is 26.5. The molecule has 28 heavy (non-hydrogen) atoms. The average molecular weight is 434 g/mol. The molecule has 2 fully saturated rings. The minimum atomic E-state index is -3.36. The summed E-state index contributed by atoms with van der Waals surface area (Å²) >= 11 is 5.77. The predicted octanol–water partition coefficient (Wildman–Crippen LogP) is 0.0926. The third-order valence-electron chi connectivity index (χ3n) is 5.12. The number of sulfonamides is 1. The zero-order valence-corrected chi connectivity index (χ0v) is 16.8. The molecule has 1 unspecified atom stereocenters. The highest BCUT2D eigenvalue weighted by atomic mass is 35.5. The summed E-state index contributed by atoms with van der Waals surface area (Å²) in [5.41, 5.74) is -1.83. The van der Waals surface area contributed by atoms with E-state index in [9.17, 15) is 27.5 Å². The molecule has 0 bridgehead atoms.